The van der Waals surface area contributed by atoms with Gasteiger partial charge >= 0.3 is 0 Å². The van der Waals surface area contributed by atoms with Crippen molar-refractivity contribution in [2.45, 2.75) is 19.8 Å². The molecular formula is C29H30N6O2. The summed E-state index contributed by atoms with van der Waals surface area (Å²) in [7, 11) is 0. The lowest BCUT2D eigenvalue weighted by molar-refractivity contribution is -0.129. The molecule has 4 aromatic rings. The molecule has 37 heavy (non-hydrogen) atoms. The molecule has 0 spiro atoms. The van der Waals surface area contributed by atoms with Crippen molar-refractivity contribution in [1.82, 2.24) is 19.3 Å². The molecule has 0 radical (unpaired) electrons. The van der Waals surface area contributed by atoms with Gasteiger partial charge in [0.1, 0.15) is 5.82 Å². The number of rotatable bonds is 6. The van der Waals surface area contributed by atoms with Crippen LogP contribution in [0.5, 0.6) is 0 Å². The summed E-state index contributed by atoms with van der Waals surface area (Å²) < 4.78 is 2.03. The van der Waals surface area contributed by atoms with E-state index >= 15 is 0 Å². The number of nitrogens with zero attached hydrogens (tertiary/aromatic N) is 5. The summed E-state index contributed by atoms with van der Waals surface area (Å²) in [6, 6.07) is 12.7. The minimum Gasteiger partial charge on any atom is -0.396 e. The van der Waals surface area contributed by atoms with Gasteiger partial charge < -0.3 is 24.6 Å². The largest absolute Gasteiger partial charge is 0.396 e. The van der Waals surface area contributed by atoms with Crippen LogP contribution in [0.3, 0.4) is 0 Å². The molecule has 4 heterocycles. The summed E-state index contributed by atoms with van der Waals surface area (Å²) in [6.45, 7) is 4.89. The predicted molar refractivity (Wildman–Crippen MR) is 146 cm³/mol. The van der Waals surface area contributed by atoms with Crippen molar-refractivity contribution in [3.63, 3.8) is 0 Å². The lowest BCUT2D eigenvalue weighted by Gasteiger charge is -2.35. The topological polar surface area (TPSA) is 86.0 Å². The SMILES string of the molecule is CC(=O)N1CCN(c2ccc(Nc3cc(-c4ccc5c(c4)CC=C5CCO)cn4ccnc34)nc2)CC1. The number of amides is 1. The fraction of sp³-hybridized carbons (Fsp3) is 0.276. The maximum atomic E-state index is 11.6. The van der Waals surface area contributed by atoms with Crippen LogP contribution in [-0.4, -0.2) is 63.1 Å². The summed E-state index contributed by atoms with van der Waals surface area (Å²) in [5.74, 6) is 0.882. The van der Waals surface area contributed by atoms with Crippen LogP contribution in [0.1, 0.15) is 24.5 Å². The fourth-order valence-corrected chi connectivity index (χ4v) is 5.30. The smallest absolute Gasteiger partial charge is 0.219 e. The molecule has 1 aliphatic carbocycles. The Morgan fingerprint density at radius 3 is 2.68 bits per heavy atom. The average Bonchev–Trinajstić information content (AvgIpc) is 3.56. The number of fused-ring (bicyclic) bond motifs is 2. The highest BCUT2D eigenvalue weighted by Crippen LogP contribution is 2.34. The molecule has 6 rings (SSSR count). The van der Waals surface area contributed by atoms with Crippen molar-refractivity contribution >= 4 is 34.3 Å². The third kappa shape index (κ3) is 4.56. The maximum Gasteiger partial charge on any atom is 0.219 e. The highest BCUT2D eigenvalue weighted by atomic mass is 16.3. The van der Waals surface area contributed by atoms with E-state index in [1.165, 1.54) is 16.7 Å². The van der Waals surface area contributed by atoms with Crippen LogP contribution in [0.2, 0.25) is 0 Å². The second kappa shape index (κ2) is 9.71. The Hall–Kier alpha value is -4.17. The number of aromatic nitrogens is 3. The molecule has 8 nitrogen and oxygen atoms in total. The number of allylic oxidation sites excluding steroid dienone is 1. The summed E-state index contributed by atoms with van der Waals surface area (Å²) >= 11 is 0. The van der Waals surface area contributed by atoms with E-state index in [4.69, 9.17) is 0 Å². The Bertz CT molecular complexity index is 1480. The summed E-state index contributed by atoms with van der Waals surface area (Å²) in [5.41, 5.74) is 8.78. The maximum absolute atomic E-state index is 11.6. The highest BCUT2D eigenvalue weighted by Gasteiger charge is 2.19. The zero-order chi connectivity index (χ0) is 25.4. The number of hydrogen-bond donors (Lipinski definition) is 2. The van der Waals surface area contributed by atoms with E-state index < -0.39 is 0 Å². The molecule has 8 heteroatoms. The number of benzene rings is 1. The van der Waals surface area contributed by atoms with Crippen LogP contribution in [0, 0.1) is 0 Å². The van der Waals surface area contributed by atoms with Crippen molar-refractivity contribution in [2.24, 2.45) is 0 Å². The number of hydrogen-bond acceptors (Lipinski definition) is 6. The normalized spacial score (nSPS) is 15.1. The molecular weight excluding hydrogens is 464 g/mol. The van der Waals surface area contributed by atoms with E-state index in [0.717, 1.165) is 66.6 Å². The van der Waals surface area contributed by atoms with Crippen molar-refractivity contribution in [3.8, 4) is 11.1 Å². The highest BCUT2D eigenvalue weighted by molar-refractivity contribution is 5.81. The number of anilines is 3. The molecule has 1 aromatic carbocycles. The lowest BCUT2D eigenvalue weighted by atomic mass is 9.98. The molecule has 2 N–H and O–H groups in total. The molecule has 3 aromatic heterocycles. The standard InChI is InChI=1S/C29H30N6O2/c1-20(37)33-11-13-34(14-12-33)25-5-7-28(31-18-25)32-27-17-24(19-35-10-9-30-29(27)35)22-4-6-26-21(8-15-36)2-3-23(26)16-22/h2,4-7,9-10,16-19,36H,3,8,11-15H2,1H3,(H,31,32). The van der Waals surface area contributed by atoms with Crippen LogP contribution in [0.25, 0.3) is 22.3 Å². The van der Waals surface area contributed by atoms with E-state index in [1.807, 2.05) is 27.8 Å². The third-order valence-electron chi connectivity index (χ3n) is 7.32. The predicted octanol–water partition coefficient (Wildman–Crippen LogP) is 4.13. The number of imidazole rings is 1. The van der Waals surface area contributed by atoms with Crippen molar-refractivity contribution in [2.75, 3.05) is 43.0 Å². The van der Waals surface area contributed by atoms with Gasteiger partial charge in [0.25, 0.3) is 0 Å². The first kappa shape index (κ1) is 23.2. The number of aliphatic hydroxyl groups excluding tert-OH is 1. The van der Waals surface area contributed by atoms with Crippen LogP contribution in [0.15, 0.2) is 67.3 Å². The Morgan fingerprint density at radius 1 is 1.05 bits per heavy atom. The average molecular weight is 495 g/mol. The van der Waals surface area contributed by atoms with E-state index in [-0.39, 0.29) is 12.5 Å². The van der Waals surface area contributed by atoms with Gasteiger partial charge in [-0.1, -0.05) is 24.3 Å². The third-order valence-corrected chi connectivity index (χ3v) is 7.32. The summed E-state index contributed by atoms with van der Waals surface area (Å²) in [4.78, 5) is 25.0. The minimum atomic E-state index is 0.132. The van der Waals surface area contributed by atoms with E-state index in [1.54, 1.807) is 13.1 Å². The molecule has 1 aliphatic heterocycles. The second-order valence-electron chi connectivity index (χ2n) is 9.60. The number of nitrogens with one attached hydrogen (secondary N) is 1. The Labute approximate surface area is 215 Å². The minimum absolute atomic E-state index is 0.132. The van der Waals surface area contributed by atoms with Crippen LogP contribution in [-0.2, 0) is 11.2 Å². The van der Waals surface area contributed by atoms with Crippen LogP contribution >= 0.6 is 0 Å². The molecule has 2 aliphatic rings. The quantitative estimate of drug-likeness (QED) is 0.419. The van der Waals surface area contributed by atoms with Gasteiger partial charge in [0.05, 0.1) is 17.6 Å². The lowest BCUT2D eigenvalue weighted by Crippen LogP contribution is -2.48. The Kier molecular flexibility index (Phi) is 6.10. The van der Waals surface area contributed by atoms with Gasteiger partial charge in [-0.2, -0.15) is 0 Å². The van der Waals surface area contributed by atoms with E-state index in [2.05, 4.69) is 62.8 Å². The van der Waals surface area contributed by atoms with Gasteiger partial charge in [-0.25, -0.2) is 9.97 Å². The van der Waals surface area contributed by atoms with Crippen molar-refractivity contribution in [3.05, 3.63) is 78.4 Å². The molecule has 1 amide bonds. The molecule has 188 valence electrons. The molecule has 1 saturated heterocycles. The Balaban J connectivity index is 1.23. The molecule has 0 saturated carbocycles. The van der Waals surface area contributed by atoms with Crippen LogP contribution in [0.4, 0.5) is 17.2 Å². The number of aliphatic hydroxyl groups is 1. The first-order valence-corrected chi connectivity index (χ1v) is 12.7. The van der Waals surface area contributed by atoms with Gasteiger partial charge in [0.15, 0.2) is 5.65 Å². The number of pyridine rings is 2. The van der Waals surface area contributed by atoms with E-state index in [9.17, 15) is 9.90 Å². The monoisotopic (exact) mass is 494 g/mol. The molecule has 0 atom stereocenters. The van der Waals surface area contributed by atoms with Gasteiger partial charge in [-0.3, -0.25) is 4.79 Å². The Morgan fingerprint density at radius 2 is 1.92 bits per heavy atom. The number of carbonyl (C=O) groups excluding carboxylic acids is 1. The second-order valence-corrected chi connectivity index (χ2v) is 9.60. The van der Waals surface area contributed by atoms with Gasteiger partial charge in [0.2, 0.25) is 5.91 Å². The number of carbonyl (C=O) groups is 1. The van der Waals surface area contributed by atoms with Gasteiger partial charge in [-0.05, 0) is 53.3 Å². The van der Waals surface area contributed by atoms with E-state index in [0.29, 0.717) is 6.42 Å². The first-order chi connectivity index (χ1) is 18.1. The van der Waals surface area contributed by atoms with Gasteiger partial charge in [-0.15, -0.1) is 0 Å². The van der Waals surface area contributed by atoms with Crippen molar-refractivity contribution < 1.29 is 9.90 Å². The summed E-state index contributed by atoms with van der Waals surface area (Å²) in [5, 5.41) is 12.8. The molecule has 1 fully saturated rings. The zero-order valence-corrected chi connectivity index (χ0v) is 20.9. The molecule has 0 bridgehead atoms. The fourth-order valence-electron chi connectivity index (χ4n) is 5.30. The summed E-state index contributed by atoms with van der Waals surface area (Å²) in [6.07, 6.45) is 11.6. The van der Waals surface area contributed by atoms with Crippen molar-refractivity contribution in [1.29, 1.82) is 0 Å². The molecule has 0 unspecified atom stereocenters. The number of piperazine rings is 1. The first-order valence-electron chi connectivity index (χ1n) is 12.7. The zero-order valence-electron chi connectivity index (χ0n) is 20.9. The van der Waals surface area contributed by atoms with Gasteiger partial charge in [0, 0.05) is 63.9 Å². The van der Waals surface area contributed by atoms with Crippen LogP contribution < -0.4 is 10.2 Å².